The van der Waals surface area contributed by atoms with Crippen molar-refractivity contribution in [1.29, 1.82) is 0 Å². The van der Waals surface area contributed by atoms with Gasteiger partial charge in [0.2, 0.25) is 6.29 Å². The first-order valence-corrected chi connectivity index (χ1v) is 9.39. The van der Waals surface area contributed by atoms with E-state index in [0.29, 0.717) is 27.5 Å². The number of aromatic hydroxyl groups is 1. The molecule has 3 aromatic rings. The maximum atomic E-state index is 12.3. The van der Waals surface area contributed by atoms with E-state index in [1.807, 2.05) is 0 Å². The molecule has 160 valence electrons. The Bertz CT molecular complexity index is 1170. The van der Waals surface area contributed by atoms with E-state index < -0.39 is 37.3 Å². The van der Waals surface area contributed by atoms with Crippen molar-refractivity contribution >= 4 is 21.7 Å². The molecule has 1 aromatic heterocycles. The van der Waals surface area contributed by atoms with Gasteiger partial charge in [0.05, 0.1) is 17.4 Å². The Balaban J connectivity index is 1.91. The summed E-state index contributed by atoms with van der Waals surface area (Å²) in [5.41, 5.74) is 0.586. The van der Waals surface area contributed by atoms with Crippen molar-refractivity contribution < 1.29 is 39.4 Å². The van der Waals surface area contributed by atoms with E-state index in [1.54, 1.807) is 19.9 Å². The van der Waals surface area contributed by atoms with Gasteiger partial charge < -0.3 is 39.4 Å². The molecule has 2 heterocycles. The molecule has 0 bridgehead atoms. The number of aryl methyl sites for hydroxylation is 2. The van der Waals surface area contributed by atoms with Crippen molar-refractivity contribution in [2.75, 3.05) is 6.61 Å². The molecule has 0 unspecified atom stereocenters. The third-order valence-corrected chi connectivity index (χ3v) is 5.28. The highest BCUT2D eigenvalue weighted by atomic mass is 16.7. The van der Waals surface area contributed by atoms with E-state index in [-0.39, 0.29) is 22.5 Å². The molecule has 1 fully saturated rings. The average Bonchev–Trinajstić information content (AvgIpc) is 2.67. The number of aliphatic hydroxyl groups is 4. The van der Waals surface area contributed by atoms with Crippen LogP contribution in [0.15, 0.2) is 33.5 Å². The minimum absolute atomic E-state index is 0.000537. The number of hydrogen-bond acceptors (Lipinski definition) is 9. The first-order chi connectivity index (χ1) is 14.2. The van der Waals surface area contributed by atoms with E-state index in [0.717, 1.165) is 0 Å². The van der Waals surface area contributed by atoms with Crippen molar-refractivity contribution in [3.8, 4) is 11.5 Å². The van der Waals surface area contributed by atoms with Crippen LogP contribution in [0.3, 0.4) is 0 Å². The summed E-state index contributed by atoms with van der Waals surface area (Å²) in [4.78, 5) is 12.3. The maximum absolute atomic E-state index is 12.3. The summed E-state index contributed by atoms with van der Waals surface area (Å²) >= 11 is 0. The molecule has 4 rings (SSSR count). The standard InChI is InChI=1S/C21H22O9/c1-8-3-10-5-11(23)6-13(16(10)20-15(8)12(24)4-9(2)28-20)29-21-19(27)18(26)17(25)14(7-22)30-21/h3-6,14,17-19,21-22,24-27H,7H2,1-2H3/t14-,17-,18+,19-,21-/m1/s1. The Hall–Kier alpha value is -2.69. The minimum atomic E-state index is -1.64. The first kappa shape index (κ1) is 20.6. The molecule has 9 nitrogen and oxygen atoms in total. The molecular weight excluding hydrogens is 396 g/mol. The summed E-state index contributed by atoms with van der Waals surface area (Å²) in [6.07, 6.45) is -7.44. The zero-order chi connectivity index (χ0) is 21.7. The third-order valence-electron chi connectivity index (χ3n) is 5.28. The van der Waals surface area contributed by atoms with Crippen molar-refractivity contribution in [2.45, 2.75) is 44.6 Å². The molecule has 5 atom stereocenters. The molecule has 30 heavy (non-hydrogen) atoms. The molecule has 2 aromatic carbocycles. The van der Waals surface area contributed by atoms with E-state index in [4.69, 9.17) is 13.9 Å². The predicted molar refractivity (Wildman–Crippen MR) is 106 cm³/mol. The zero-order valence-electron chi connectivity index (χ0n) is 16.3. The van der Waals surface area contributed by atoms with E-state index >= 15 is 0 Å². The van der Waals surface area contributed by atoms with Gasteiger partial charge in [0.1, 0.15) is 47.3 Å². The van der Waals surface area contributed by atoms with Gasteiger partial charge in [0, 0.05) is 12.1 Å². The molecule has 1 aliphatic heterocycles. The average molecular weight is 418 g/mol. The van der Waals surface area contributed by atoms with Gasteiger partial charge in [-0.3, -0.25) is 4.79 Å². The van der Waals surface area contributed by atoms with Gasteiger partial charge in [-0.1, -0.05) is 6.07 Å². The highest BCUT2D eigenvalue weighted by Gasteiger charge is 2.45. The Morgan fingerprint density at radius 1 is 1.00 bits per heavy atom. The Morgan fingerprint density at radius 3 is 2.43 bits per heavy atom. The Morgan fingerprint density at radius 2 is 1.73 bits per heavy atom. The van der Waals surface area contributed by atoms with Crippen LogP contribution in [0.2, 0.25) is 0 Å². The molecule has 0 radical (unpaired) electrons. The topological polar surface area (TPSA) is 150 Å². The lowest BCUT2D eigenvalue weighted by molar-refractivity contribution is -0.277. The quantitative estimate of drug-likeness (QED) is 0.382. The van der Waals surface area contributed by atoms with Gasteiger partial charge in [-0.05, 0) is 30.9 Å². The number of ether oxygens (including phenoxy) is 2. The molecule has 0 aliphatic carbocycles. The van der Waals surface area contributed by atoms with Crippen LogP contribution in [0.1, 0.15) is 11.3 Å². The molecular formula is C21H22O9. The smallest absolute Gasteiger partial charge is 0.229 e. The number of benzene rings is 2. The monoisotopic (exact) mass is 418 g/mol. The van der Waals surface area contributed by atoms with Crippen LogP contribution < -0.4 is 10.2 Å². The van der Waals surface area contributed by atoms with Crippen LogP contribution in [-0.4, -0.2) is 62.8 Å². The van der Waals surface area contributed by atoms with Gasteiger partial charge in [-0.2, -0.15) is 0 Å². The van der Waals surface area contributed by atoms with Gasteiger partial charge in [-0.15, -0.1) is 0 Å². The lowest BCUT2D eigenvalue weighted by Gasteiger charge is -2.39. The van der Waals surface area contributed by atoms with Gasteiger partial charge in [0.25, 0.3) is 0 Å². The summed E-state index contributed by atoms with van der Waals surface area (Å²) < 4.78 is 17.0. The molecule has 9 heteroatoms. The van der Waals surface area contributed by atoms with Crippen molar-refractivity contribution in [1.82, 2.24) is 0 Å². The second-order valence-corrected chi connectivity index (χ2v) is 7.47. The zero-order valence-corrected chi connectivity index (χ0v) is 16.3. The van der Waals surface area contributed by atoms with Crippen LogP contribution in [0, 0.1) is 13.8 Å². The van der Waals surface area contributed by atoms with Crippen molar-refractivity contribution in [2.24, 2.45) is 0 Å². The van der Waals surface area contributed by atoms with Gasteiger partial charge in [0.15, 0.2) is 5.43 Å². The highest BCUT2D eigenvalue weighted by molar-refractivity contribution is 6.10. The maximum Gasteiger partial charge on any atom is 0.229 e. The minimum Gasteiger partial charge on any atom is -0.507 e. The molecule has 0 spiro atoms. The predicted octanol–water partition coefficient (Wildman–Crippen LogP) is 0.447. The summed E-state index contributed by atoms with van der Waals surface area (Å²) in [5, 5.41) is 51.3. The summed E-state index contributed by atoms with van der Waals surface area (Å²) in [7, 11) is 0. The molecule has 1 aliphatic rings. The largest absolute Gasteiger partial charge is 0.507 e. The fraction of sp³-hybridized carbons (Fsp3) is 0.381. The lowest BCUT2D eigenvalue weighted by Crippen LogP contribution is -2.60. The van der Waals surface area contributed by atoms with Crippen LogP contribution in [0.4, 0.5) is 0 Å². The van der Waals surface area contributed by atoms with Gasteiger partial charge >= 0.3 is 0 Å². The molecule has 0 amide bonds. The summed E-state index contributed by atoms with van der Waals surface area (Å²) in [5.74, 6) is 0.426. The van der Waals surface area contributed by atoms with E-state index in [9.17, 15) is 30.3 Å². The van der Waals surface area contributed by atoms with E-state index in [2.05, 4.69) is 0 Å². The van der Waals surface area contributed by atoms with Crippen molar-refractivity contribution in [3.63, 3.8) is 0 Å². The number of hydrogen-bond donors (Lipinski definition) is 5. The SMILES string of the molecule is Cc1cc(O)c2c(C)cc3cc(=O)cc(O[C@@H]4O[C@H](CO)[C@@H](O)[C@H](O)[C@H]4O)c3c2o1. The summed E-state index contributed by atoms with van der Waals surface area (Å²) in [6.45, 7) is 2.81. The number of aliphatic hydroxyl groups excluding tert-OH is 4. The van der Waals surface area contributed by atoms with Crippen LogP contribution in [-0.2, 0) is 4.74 Å². The number of fused-ring (bicyclic) bond motifs is 3. The van der Waals surface area contributed by atoms with Crippen LogP contribution in [0.5, 0.6) is 11.5 Å². The number of rotatable bonds is 3. The Kier molecular flexibility index (Phi) is 5.16. The first-order valence-electron chi connectivity index (χ1n) is 9.39. The fourth-order valence-electron chi connectivity index (χ4n) is 3.84. The Labute approximate surface area is 170 Å². The highest BCUT2D eigenvalue weighted by Crippen LogP contribution is 2.39. The normalized spacial score (nSPS) is 26.9. The molecule has 1 saturated heterocycles. The second kappa shape index (κ2) is 7.53. The molecule has 5 N–H and O–H groups in total. The second-order valence-electron chi connectivity index (χ2n) is 7.47. The summed E-state index contributed by atoms with van der Waals surface area (Å²) in [6, 6.07) is 5.73. The third kappa shape index (κ3) is 3.30. The van der Waals surface area contributed by atoms with Gasteiger partial charge in [-0.25, -0.2) is 0 Å². The molecule has 0 saturated carbocycles. The van der Waals surface area contributed by atoms with E-state index in [1.165, 1.54) is 18.2 Å². The van der Waals surface area contributed by atoms with Crippen LogP contribution >= 0.6 is 0 Å². The van der Waals surface area contributed by atoms with Crippen LogP contribution in [0.25, 0.3) is 21.7 Å². The fourth-order valence-corrected chi connectivity index (χ4v) is 3.84. The lowest BCUT2D eigenvalue weighted by atomic mass is 9.99. The van der Waals surface area contributed by atoms with Crippen molar-refractivity contribution in [3.05, 3.63) is 45.8 Å².